The molecule has 0 saturated carbocycles. The van der Waals surface area contributed by atoms with Gasteiger partial charge in [0, 0.05) is 25.8 Å². The summed E-state index contributed by atoms with van der Waals surface area (Å²) < 4.78 is 0. The number of aliphatic carboxylic acids is 2. The maximum absolute atomic E-state index is 13.3. The Balaban J connectivity index is 2.12. The largest absolute Gasteiger partial charge is 0.481 e. The van der Waals surface area contributed by atoms with E-state index in [1.54, 1.807) is 30.3 Å². The predicted octanol–water partition coefficient (Wildman–Crippen LogP) is -1.27. The molecule has 1 aliphatic rings. The third kappa shape index (κ3) is 9.18. The standard InChI is InChI=1S/C24H33N5O8/c25-15(8-11-20(31)32)21(33)27-16(9-10-19(26)30)23(35)29-12-4-7-18(29)22(34)28-17(24(36)37)13-14-5-2-1-3-6-14/h1-3,5-6,15-18H,4,7-13,25H2,(H2,26,30)(H,27,33)(H,28,34)(H,31,32)(H,36,37). The molecule has 1 aromatic carbocycles. The molecule has 4 unspecified atom stereocenters. The van der Waals surface area contributed by atoms with Crippen molar-refractivity contribution in [2.45, 2.75) is 69.1 Å². The molecule has 4 atom stereocenters. The van der Waals surface area contributed by atoms with E-state index in [-0.39, 0.29) is 45.1 Å². The van der Waals surface area contributed by atoms with E-state index in [0.717, 1.165) is 0 Å². The molecule has 2 rings (SSSR count). The van der Waals surface area contributed by atoms with Crippen LogP contribution < -0.4 is 22.1 Å². The highest BCUT2D eigenvalue weighted by atomic mass is 16.4. The second kappa shape index (κ2) is 13.9. The van der Waals surface area contributed by atoms with Gasteiger partial charge >= 0.3 is 11.9 Å². The second-order valence-electron chi connectivity index (χ2n) is 8.88. The van der Waals surface area contributed by atoms with Crippen molar-refractivity contribution in [3.63, 3.8) is 0 Å². The smallest absolute Gasteiger partial charge is 0.326 e. The second-order valence-corrected chi connectivity index (χ2v) is 8.88. The van der Waals surface area contributed by atoms with E-state index >= 15 is 0 Å². The van der Waals surface area contributed by atoms with Gasteiger partial charge in [-0.2, -0.15) is 0 Å². The first kappa shape index (κ1) is 29.2. The van der Waals surface area contributed by atoms with Gasteiger partial charge in [0.2, 0.25) is 23.6 Å². The molecule has 0 bridgehead atoms. The quantitative estimate of drug-likeness (QED) is 0.172. The summed E-state index contributed by atoms with van der Waals surface area (Å²) in [5, 5.41) is 23.3. The van der Waals surface area contributed by atoms with Gasteiger partial charge in [0.15, 0.2) is 0 Å². The zero-order valence-corrected chi connectivity index (χ0v) is 20.3. The molecule has 4 amide bonds. The summed E-state index contributed by atoms with van der Waals surface area (Å²) in [5.74, 6) is -5.14. The Morgan fingerprint density at radius 3 is 2.24 bits per heavy atom. The molecule has 0 aromatic heterocycles. The molecular formula is C24H33N5O8. The van der Waals surface area contributed by atoms with Gasteiger partial charge in [-0.25, -0.2) is 4.79 Å². The number of nitrogens with zero attached hydrogens (tertiary/aromatic N) is 1. The Morgan fingerprint density at radius 1 is 0.973 bits per heavy atom. The molecule has 202 valence electrons. The topological polar surface area (TPSA) is 222 Å². The molecular weight excluding hydrogens is 486 g/mol. The fraction of sp³-hybridized carbons (Fsp3) is 0.500. The summed E-state index contributed by atoms with van der Waals surface area (Å²) in [6.45, 7) is 0.182. The maximum atomic E-state index is 13.3. The molecule has 13 heteroatoms. The zero-order chi connectivity index (χ0) is 27.5. The number of nitrogens with one attached hydrogen (secondary N) is 2. The third-order valence-corrected chi connectivity index (χ3v) is 6.04. The number of carboxylic acids is 2. The van der Waals surface area contributed by atoms with Crippen LogP contribution >= 0.6 is 0 Å². The maximum Gasteiger partial charge on any atom is 0.326 e. The number of carbonyl (C=O) groups is 6. The van der Waals surface area contributed by atoms with Crippen molar-refractivity contribution in [3.8, 4) is 0 Å². The highest BCUT2D eigenvalue weighted by Crippen LogP contribution is 2.20. The summed E-state index contributed by atoms with van der Waals surface area (Å²) in [5.41, 5.74) is 11.6. The summed E-state index contributed by atoms with van der Waals surface area (Å²) in [6.07, 6.45) is -0.0971. The van der Waals surface area contributed by atoms with Crippen molar-refractivity contribution in [3.05, 3.63) is 35.9 Å². The Labute approximate surface area is 213 Å². The molecule has 0 radical (unpaired) electrons. The van der Waals surface area contributed by atoms with Crippen molar-refractivity contribution in [1.29, 1.82) is 0 Å². The number of hydrogen-bond donors (Lipinski definition) is 6. The van der Waals surface area contributed by atoms with E-state index < -0.39 is 59.7 Å². The van der Waals surface area contributed by atoms with Crippen LogP contribution in [0.4, 0.5) is 0 Å². The number of likely N-dealkylation sites (tertiary alicyclic amines) is 1. The molecule has 37 heavy (non-hydrogen) atoms. The van der Waals surface area contributed by atoms with Crippen molar-refractivity contribution in [1.82, 2.24) is 15.5 Å². The Hall–Kier alpha value is -4.00. The van der Waals surface area contributed by atoms with Crippen LogP contribution in [0.15, 0.2) is 30.3 Å². The Bertz CT molecular complexity index is 1000. The number of amides is 4. The molecule has 1 heterocycles. The molecule has 1 aromatic rings. The number of primary amides is 1. The van der Waals surface area contributed by atoms with Crippen molar-refractivity contribution >= 4 is 35.6 Å². The van der Waals surface area contributed by atoms with Crippen molar-refractivity contribution in [2.24, 2.45) is 11.5 Å². The normalized spacial score (nSPS) is 17.3. The van der Waals surface area contributed by atoms with Gasteiger partial charge in [-0.1, -0.05) is 30.3 Å². The lowest BCUT2D eigenvalue weighted by molar-refractivity contribution is -0.145. The average molecular weight is 520 g/mol. The monoisotopic (exact) mass is 519 g/mol. The van der Waals surface area contributed by atoms with Crippen LogP contribution in [0.25, 0.3) is 0 Å². The highest BCUT2D eigenvalue weighted by Gasteiger charge is 2.39. The van der Waals surface area contributed by atoms with Crippen LogP contribution in [0.3, 0.4) is 0 Å². The first-order valence-electron chi connectivity index (χ1n) is 11.9. The Morgan fingerprint density at radius 2 is 1.65 bits per heavy atom. The zero-order valence-electron chi connectivity index (χ0n) is 20.3. The first-order valence-corrected chi connectivity index (χ1v) is 11.9. The van der Waals surface area contributed by atoms with Crippen LogP contribution in [-0.2, 0) is 35.2 Å². The summed E-state index contributed by atoms with van der Waals surface area (Å²) in [6, 6.07) is 4.14. The van der Waals surface area contributed by atoms with Gasteiger partial charge in [-0.3, -0.25) is 24.0 Å². The van der Waals surface area contributed by atoms with Gasteiger partial charge in [0.1, 0.15) is 18.1 Å². The number of rotatable bonds is 14. The van der Waals surface area contributed by atoms with Crippen molar-refractivity contribution in [2.75, 3.05) is 6.54 Å². The SMILES string of the molecule is NC(=O)CCC(NC(=O)C(N)CCC(=O)O)C(=O)N1CCCC1C(=O)NC(Cc1ccccc1)C(=O)O. The molecule has 0 aliphatic carbocycles. The van der Waals surface area contributed by atoms with Crippen molar-refractivity contribution < 1.29 is 39.0 Å². The van der Waals surface area contributed by atoms with E-state index in [9.17, 15) is 33.9 Å². The predicted molar refractivity (Wildman–Crippen MR) is 130 cm³/mol. The lowest BCUT2D eigenvalue weighted by Gasteiger charge is -2.30. The molecule has 1 aliphatic heterocycles. The van der Waals surface area contributed by atoms with Gasteiger partial charge in [-0.15, -0.1) is 0 Å². The molecule has 1 fully saturated rings. The van der Waals surface area contributed by atoms with Crippen LogP contribution in [0.1, 0.15) is 44.1 Å². The van der Waals surface area contributed by atoms with Gasteiger partial charge in [0.05, 0.1) is 6.04 Å². The summed E-state index contributed by atoms with van der Waals surface area (Å²) in [7, 11) is 0. The molecule has 8 N–H and O–H groups in total. The summed E-state index contributed by atoms with van der Waals surface area (Å²) in [4.78, 5) is 73.9. The number of carboxylic acid groups (broad SMARTS) is 2. The van der Waals surface area contributed by atoms with Gasteiger partial charge in [0.25, 0.3) is 0 Å². The number of carbonyl (C=O) groups excluding carboxylic acids is 4. The van der Waals surface area contributed by atoms with E-state index in [1.807, 2.05) is 0 Å². The minimum Gasteiger partial charge on any atom is -0.481 e. The number of benzene rings is 1. The van der Waals surface area contributed by atoms with E-state index in [0.29, 0.717) is 12.0 Å². The fourth-order valence-electron chi connectivity index (χ4n) is 4.05. The third-order valence-electron chi connectivity index (χ3n) is 6.04. The highest BCUT2D eigenvalue weighted by molar-refractivity contribution is 5.95. The van der Waals surface area contributed by atoms with Gasteiger partial charge < -0.3 is 37.2 Å². The minimum atomic E-state index is -1.23. The molecule has 13 nitrogen and oxygen atoms in total. The lowest BCUT2D eigenvalue weighted by atomic mass is 10.0. The molecule has 1 saturated heterocycles. The van der Waals surface area contributed by atoms with E-state index in [4.69, 9.17) is 16.6 Å². The minimum absolute atomic E-state index is 0.0497. The van der Waals surface area contributed by atoms with Crippen LogP contribution in [0, 0.1) is 0 Å². The fourth-order valence-corrected chi connectivity index (χ4v) is 4.05. The van der Waals surface area contributed by atoms with E-state index in [2.05, 4.69) is 10.6 Å². The van der Waals surface area contributed by atoms with Gasteiger partial charge in [-0.05, 0) is 31.2 Å². The number of nitrogens with two attached hydrogens (primary N) is 2. The summed E-state index contributed by atoms with van der Waals surface area (Å²) >= 11 is 0. The number of hydrogen-bond acceptors (Lipinski definition) is 7. The lowest BCUT2D eigenvalue weighted by Crippen LogP contribution is -2.57. The van der Waals surface area contributed by atoms with Crippen LogP contribution in [0.5, 0.6) is 0 Å². The Kier molecular flexibility index (Phi) is 11.0. The average Bonchev–Trinajstić information content (AvgIpc) is 3.34. The van der Waals surface area contributed by atoms with E-state index in [1.165, 1.54) is 4.90 Å². The van der Waals surface area contributed by atoms with Crippen LogP contribution in [0.2, 0.25) is 0 Å². The first-order chi connectivity index (χ1) is 17.5. The molecule has 0 spiro atoms. The van der Waals surface area contributed by atoms with Crippen LogP contribution in [-0.4, -0.2) is 81.4 Å².